The Labute approximate surface area is 207 Å². The maximum atomic E-state index is 14.8. The van der Waals surface area contributed by atoms with Gasteiger partial charge in [-0.25, -0.2) is 4.39 Å². The Kier molecular flexibility index (Phi) is 7.97. The van der Waals surface area contributed by atoms with Crippen LogP contribution in [0.15, 0.2) is 43.1 Å². The van der Waals surface area contributed by atoms with Gasteiger partial charge in [-0.2, -0.15) is 22.0 Å². The van der Waals surface area contributed by atoms with Crippen molar-refractivity contribution in [2.24, 2.45) is 5.92 Å². The van der Waals surface area contributed by atoms with E-state index in [1.165, 1.54) is 11.0 Å². The lowest BCUT2D eigenvalue weighted by Crippen LogP contribution is -2.49. The predicted molar refractivity (Wildman–Crippen MR) is 128 cm³/mol. The number of likely N-dealkylation sites (tertiary alicyclic amines) is 2. The Morgan fingerprint density at radius 2 is 1.67 bits per heavy atom. The maximum absolute atomic E-state index is 14.8. The Balaban J connectivity index is 1.27. The number of hydrogen-bond donors (Lipinski definition) is 0. The van der Waals surface area contributed by atoms with Gasteiger partial charge in [-0.3, -0.25) is 9.88 Å². The number of aryl methyl sites for hydroxylation is 1. The first-order valence-corrected chi connectivity index (χ1v) is 12.4. The molecule has 0 atom stereocenters. The van der Waals surface area contributed by atoms with E-state index in [0.29, 0.717) is 35.4 Å². The van der Waals surface area contributed by atoms with Gasteiger partial charge in [0.05, 0.1) is 12.2 Å². The molecule has 2 aromatic rings. The fourth-order valence-electron chi connectivity index (χ4n) is 4.98. The summed E-state index contributed by atoms with van der Waals surface area (Å²) >= 11 is 0. The highest BCUT2D eigenvalue weighted by Crippen LogP contribution is 2.37. The number of aromatic nitrogens is 1. The number of nitrogens with zero attached hydrogens (tertiary/aromatic N) is 3. The Morgan fingerprint density at radius 1 is 0.972 bits per heavy atom. The quantitative estimate of drug-likeness (QED) is 0.364. The van der Waals surface area contributed by atoms with Gasteiger partial charge in [0.2, 0.25) is 0 Å². The third kappa shape index (κ3) is 6.22. The highest BCUT2D eigenvalue weighted by Gasteiger charge is 2.58. The SMILES string of the molecule is C=C(c1ccc(-c2ccc(CCC3CCN(CC(F)(F)C(F)(F)F)CC3)cn2)cc1F)N1CCCC1. The van der Waals surface area contributed by atoms with Crippen LogP contribution < -0.4 is 0 Å². The minimum Gasteiger partial charge on any atom is -0.371 e. The molecular formula is C27H31F6N3. The molecule has 3 nitrogen and oxygen atoms in total. The Morgan fingerprint density at radius 3 is 2.25 bits per heavy atom. The molecule has 0 N–H and O–H groups in total. The normalized spacial score (nSPS) is 18.1. The van der Waals surface area contributed by atoms with E-state index in [9.17, 15) is 26.3 Å². The number of pyridine rings is 1. The number of benzene rings is 1. The van der Waals surface area contributed by atoms with E-state index < -0.39 is 18.6 Å². The van der Waals surface area contributed by atoms with E-state index in [1.807, 2.05) is 18.2 Å². The van der Waals surface area contributed by atoms with Crippen LogP contribution in [0.4, 0.5) is 26.3 Å². The first-order valence-electron chi connectivity index (χ1n) is 12.4. The van der Waals surface area contributed by atoms with Crippen LogP contribution in [0.3, 0.4) is 0 Å². The summed E-state index contributed by atoms with van der Waals surface area (Å²) in [5.74, 6) is -4.74. The van der Waals surface area contributed by atoms with Crippen molar-refractivity contribution in [3.63, 3.8) is 0 Å². The van der Waals surface area contributed by atoms with Crippen LogP contribution in [0, 0.1) is 11.7 Å². The van der Waals surface area contributed by atoms with Crippen molar-refractivity contribution in [1.29, 1.82) is 0 Å². The lowest BCUT2D eigenvalue weighted by Gasteiger charge is -2.34. The number of halogens is 6. The standard InChI is InChI=1S/C27H31F6N3/c1-19(36-12-2-3-13-36)23-8-7-22(16-24(23)28)25-9-6-21(17-34-25)5-4-20-10-14-35(15-11-20)18-26(29,30)27(31,32)33/h6-9,16-17,20H,1-5,10-15,18H2. The van der Waals surface area contributed by atoms with Gasteiger partial charge < -0.3 is 4.90 Å². The second kappa shape index (κ2) is 10.8. The van der Waals surface area contributed by atoms with Crippen molar-refractivity contribution in [3.05, 3.63) is 60.1 Å². The maximum Gasteiger partial charge on any atom is 0.454 e. The largest absolute Gasteiger partial charge is 0.454 e. The molecule has 36 heavy (non-hydrogen) atoms. The van der Waals surface area contributed by atoms with E-state index in [0.717, 1.165) is 44.3 Å². The van der Waals surface area contributed by atoms with E-state index in [1.54, 1.807) is 12.3 Å². The molecule has 4 rings (SSSR count). The van der Waals surface area contributed by atoms with E-state index in [-0.39, 0.29) is 24.8 Å². The highest BCUT2D eigenvalue weighted by atomic mass is 19.4. The van der Waals surface area contributed by atoms with Crippen LogP contribution in [-0.4, -0.2) is 59.6 Å². The van der Waals surface area contributed by atoms with Gasteiger partial charge in [-0.05, 0) is 81.3 Å². The molecule has 2 saturated heterocycles. The van der Waals surface area contributed by atoms with E-state index in [4.69, 9.17) is 0 Å². The molecule has 2 aliphatic heterocycles. The number of rotatable bonds is 8. The van der Waals surface area contributed by atoms with Crippen LogP contribution in [-0.2, 0) is 6.42 Å². The van der Waals surface area contributed by atoms with Crippen LogP contribution >= 0.6 is 0 Å². The first kappa shape index (κ1) is 26.5. The molecule has 0 aliphatic carbocycles. The molecule has 2 aliphatic rings. The van der Waals surface area contributed by atoms with Crippen molar-refractivity contribution in [3.8, 4) is 11.3 Å². The smallest absolute Gasteiger partial charge is 0.371 e. The summed E-state index contributed by atoms with van der Waals surface area (Å²) < 4.78 is 78.7. The molecular weight excluding hydrogens is 480 g/mol. The minimum atomic E-state index is -5.51. The summed E-state index contributed by atoms with van der Waals surface area (Å²) in [6.45, 7) is 5.05. The molecule has 0 bridgehead atoms. The third-order valence-electron chi connectivity index (χ3n) is 7.27. The number of hydrogen-bond acceptors (Lipinski definition) is 3. The molecule has 9 heteroatoms. The topological polar surface area (TPSA) is 19.4 Å². The Bertz CT molecular complexity index is 1040. The second-order valence-corrected chi connectivity index (χ2v) is 9.85. The first-order chi connectivity index (χ1) is 17.0. The van der Waals surface area contributed by atoms with Crippen LogP contribution in [0.25, 0.3) is 17.0 Å². The zero-order valence-corrected chi connectivity index (χ0v) is 20.1. The predicted octanol–water partition coefficient (Wildman–Crippen LogP) is 6.80. The highest BCUT2D eigenvalue weighted by molar-refractivity contribution is 5.67. The molecule has 0 amide bonds. The molecule has 0 radical (unpaired) electrons. The minimum absolute atomic E-state index is 0.235. The van der Waals surface area contributed by atoms with Gasteiger partial charge in [-0.1, -0.05) is 18.7 Å². The molecule has 0 saturated carbocycles. The average molecular weight is 512 g/mol. The van der Waals surface area contributed by atoms with Crippen LogP contribution in [0.5, 0.6) is 0 Å². The molecule has 3 heterocycles. The summed E-state index contributed by atoms with van der Waals surface area (Å²) in [7, 11) is 0. The van der Waals surface area contributed by atoms with Crippen LogP contribution in [0.2, 0.25) is 0 Å². The van der Waals surface area contributed by atoms with Crippen molar-refractivity contribution < 1.29 is 26.3 Å². The summed E-state index contributed by atoms with van der Waals surface area (Å²) in [4.78, 5) is 7.79. The van der Waals surface area contributed by atoms with Gasteiger partial charge >= 0.3 is 12.1 Å². The summed E-state index contributed by atoms with van der Waals surface area (Å²) in [5.41, 5.74) is 3.56. The average Bonchev–Trinajstić information content (AvgIpc) is 3.38. The fourth-order valence-corrected chi connectivity index (χ4v) is 4.98. The van der Waals surface area contributed by atoms with E-state index in [2.05, 4.69) is 16.5 Å². The van der Waals surface area contributed by atoms with Gasteiger partial charge in [-0.15, -0.1) is 0 Å². The van der Waals surface area contributed by atoms with Crippen LogP contribution in [0.1, 0.15) is 43.2 Å². The monoisotopic (exact) mass is 511 g/mol. The molecule has 1 aromatic heterocycles. The van der Waals surface area contributed by atoms with Gasteiger partial charge in [0.15, 0.2) is 0 Å². The van der Waals surface area contributed by atoms with E-state index >= 15 is 0 Å². The summed E-state index contributed by atoms with van der Waals surface area (Å²) in [6.07, 6.45) is 1.15. The van der Waals surface area contributed by atoms with Gasteiger partial charge in [0.1, 0.15) is 5.82 Å². The molecule has 2 fully saturated rings. The summed E-state index contributed by atoms with van der Waals surface area (Å²) in [5, 5.41) is 0. The van der Waals surface area contributed by atoms with Gasteiger partial charge in [0, 0.05) is 36.1 Å². The van der Waals surface area contributed by atoms with Gasteiger partial charge in [0.25, 0.3) is 0 Å². The summed E-state index contributed by atoms with van der Waals surface area (Å²) in [6, 6.07) is 8.86. The van der Waals surface area contributed by atoms with Crippen molar-refractivity contribution in [2.45, 2.75) is 50.6 Å². The molecule has 1 aromatic carbocycles. The molecule has 0 spiro atoms. The second-order valence-electron chi connectivity index (χ2n) is 9.85. The number of alkyl halides is 5. The number of piperidine rings is 1. The lowest BCUT2D eigenvalue weighted by atomic mass is 9.90. The zero-order chi connectivity index (χ0) is 25.9. The van der Waals surface area contributed by atoms with Crippen molar-refractivity contribution in [2.75, 3.05) is 32.7 Å². The molecule has 0 unspecified atom stereocenters. The molecule has 196 valence electrons. The third-order valence-corrected chi connectivity index (χ3v) is 7.27. The van der Waals surface area contributed by atoms with Crippen molar-refractivity contribution in [1.82, 2.24) is 14.8 Å². The zero-order valence-electron chi connectivity index (χ0n) is 20.1. The fraction of sp³-hybridized carbons (Fsp3) is 0.519. The van der Waals surface area contributed by atoms with Crippen molar-refractivity contribution >= 4 is 5.70 Å². The lowest BCUT2D eigenvalue weighted by molar-refractivity contribution is -0.287. The Hall–Kier alpha value is -2.55.